The molecule has 26 heavy (non-hydrogen) atoms. The molecule has 1 amide bonds. The molecular weight excluding hydrogens is 333 g/mol. The Bertz CT molecular complexity index is 724. The Kier molecular flexibility index (Phi) is 5.85. The Balaban J connectivity index is 1.53. The normalized spacial score (nSPS) is 20.6. The van der Waals surface area contributed by atoms with Gasteiger partial charge in [0.05, 0.1) is 17.9 Å². The molecule has 3 rings (SSSR count). The fraction of sp³-hybridized carbons (Fsp3) is 0.350. The van der Waals surface area contributed by atoms with Gasteiger partial charge in [-0.25, -0.2) is 4.39 Å². The van der Waals surface area contributed by atoms with E-state index in [1.807, 2.05) is 24.3 Å². The van der Waals surface area contributed by atoms with Gasteiger partial charge in [0.15, 0.2) is 0 Å². The predicted octanol–water partition coefficient (Wildman–Crippen LogP) is 3.19. The third-order valence-electron chi connectivity index (χ3n) is 4.28. The first-order valence-electron chi connectivity index (χ1n) is 8.78. The zero-order valence-corrected chi connectivity index (χ0v) is 15.0. The van der Waals surface area contributed by atoms with Crippen LogP contribution in [0.4, 0.5) is 10.1 Å². The monoisotopic (exact) mass is 357 g/mol. The second-order valence-electron chi connectivity index (χ2n) is 6.73. The van der Waals surface area contributed by atoms with Crippen molar-refractivity contribution in [1.82, 2.24) is 10.3 Å². The van der Waals surface area contributed by atoms with E-state index in [-0.39, 0.29) is 23.9 Å². The number of hydrogen-bond donors (Lipinski definition) is 2. The molecule has 2 atom stereocenters. The number of nitrogens with one attached hydrogen (secondary N) is 2. The van der Waals surface area contributed by atoms with Crippen molar-refractivity contribution in [3.63, 3.8) is 0 Å². The van der Waals surface area contributed by atoms with E-state index in [4.69, 9.17) is 4.74 Å². The maximum atomic E-state index is 12.9. The number of hydrogen-bond acceptors (Lipinski definition) is 4. The molecule has 0 aromatic heterocycles. The fourth-order valence-electron chi connectivity index (χ4n) is 3.17. The minimum Gasteiger partial charge on any atom is -0.373 e. The Hall–Kier alpha value is -2.44. The van der Waals surface area contributed by atoms with Gasteiger partial charge in [0.1, 0.15) is 5.82 Å². The van der Waals surface area contributed by atoms with E-state index in [0.29, 0.717) is 11.3 Å². The Morgan fingerprint density at radius 2 is 1.69 bits per heavy atom. The van der Waals surface area contributed by atoms with E-state index < -0.39 is 0 Å². The van der Waals surface area contributed by atoms with Crippen molar-refractivity contribution in [3.05, 3.63) is 65.5 Å². The fourth-order valence-corrected chi connectivity index (χ4v) is 3.17. The van der Waals surface area contributed by atoms with Gasteiger partial charge in [0.25, 0.3) is 5.91 Å². The van der Waals surface area contributed by atoms with Gasteiger partial charge in [-0.1, -0.05) is 12.1 Å². The molecule has 0 aliphatic carbocycles. The summed E-state index contributed by atoms with van der Waals surface area (Å²) in [4.78, 5) is 14.6. The van der Waals surface area contributed by atoms with E-state index in [1.54, 1.807) is 12.1 Å². The first-order valence-corrected chi connectivity index (χ1v) is 8.78. The summed E-state index contributed by atoms with van der Waals surface area (Å²) >= 11 is 0. The molecule has 0 radical (unpaired) electrons. The highest BCUT2D eigenvalue weighted by Gasteiger charge is 2.22. The van der Waals surface area contributed by atoms with Crippen molar-refractivity contribution in [3.8, 4) is 0 Å². The lowest BCUT2D eigenvalue weighted by Gasteiger charge is -2.35. The molecule has 0 bridgehead atoms. The predicted molar refractivity (Wildman–Crippen MR) is 99.2 cm³/mol. The highest BCUT2D eigenvalue weighted by molar-refractivity contribution is 5.94. The van der Waals surface area contributed by atoms with Crippen molar-refractivity contribution >= 4 is 11.6 Å². The minimum atomic E-state index is -0.318. The molecule has 5 nitrogen and oxygen atoms in total. The van der Waals surface area contributed by atoms with Crippen LogP contribution in [0.2, 0.25) is 0 Å². The first-order chi connectivity index (χ1) is 12.5. The summed E-state index contributed by atoms with van der Waals surface area (Å²) in [5.41, 5.74) is 7.72. The molecule has 0 saturated carbocycles. The topological polar surface area (TPSA) is 53.6 Å². The summed E-state index contributed by atoms with van der Waals surface area (Å²) < 4.78 is 18.6. The quantitative estimate of drug-likeness (QED) is 0.807. The van der Waals surface area contributed by atoms with E-state index in [9.17, 15) is 9.18 Å². The van der Waals surface area contributed by atoms with Crippen molar-refractivity contribution in [2.24, 2.45) is 0 Å². The number of halogens is 1. The van der Waals surface area contributed by atoms with Crippen LogP contribution in [-0.4, -0.2) is 36.1 Å². The minimum absolute atomic E-state index is 0.237. The number of carbonyl (C=O) groups is 1. The van der Waals surface area contributed by atoms with Crippen molar-refractivity contribution < 1.29 is 13.9 Å². The molecule has 1 heterocycles. The molecule has 6 heteroatoms. The third kappa shape index (κ3) is 5.03. The molecule has 138 valence electrons. The van der Waals surface area contributed by atoms with Gasteiger partial charge >= 0.3 is 0 Å². The van der Waals surface area contributed by atoms with Gasteiger partial charge in [-0.15, -0.1) is 0 Å². The van der Waals surface area contributed by atoms with Gasteiger partial charge in [0, 0.05) is 25.2 Å². The number of nitrogens with zero attached hydrogens (tertiary/aromatic N) is 1. The summed E-state index contributed by atoms with van der Waals surface area (Å²) in [7, 11) is 0. The number of hydrazine groups is 1. The molecule has 0 unspecified atom stereocenters. The second kappa shape index (κ2) is 8.29. The van der Waals surface area contributed by atoms with Gasteiger partial charge < -0.3 is 4.74 Å². The van der Waals surface area contributed by atoms with Crippen LogP contribution in [0, 0.1) is 5.82 Å². The lowest BCUT2D eigenvalue weighted by Crippen LogP contribution is -2.44. The van der Waals surface area contributed by atoms with Gasteiger partial charge in [-0.05, 0) is 55.8 Å². The van der Waals surface area contributed by atoms with Crippen molar-refractivity contribution in [2.45, 2.75) is 32.6 Å². The van der Waals surface area contributed by atoms with Gasteiger partial charge in [-0.3, -0.25) is 20.5 Å². The lowest BCUT2D eigenvalue weighted by atomic mass is 10.1. The average molecular weight is 357 g/mol. The zero-order valence-electron chi connectivity index (χ0n) is 15.0. The van der Waals surface area contributed by atoms with Crippen LogP contribution in [0.5, 0.6) is 0 Å². The van der Waals surface area contributed by atoms with Gasteiger partial charge in [0.2, 0.25) is 0 Å². The molecule has 1 saturated heterocycles. The van der Waals surface area contributed by atoms with Crippen molar-refractivity contribution in [2.75, 3.05) is 18.5 Å². The van der Waals surface area contributed by atoms with E-state index in [2.05, 4.69) is 29.6 Å². The molecule has 1 fully saturated rings. The number of anilines is 1. The number of benzene rings is 2. The molecule has 1 aliphatic heterocycles. The summed E-state index contributed by atoms with van der Waals surface area (Å²) in [5, 5.41) is 0. The highest BCUT2D eigenvalue weighted by Crippen LogP contribution is 2.15. The number of morpholine rings is 1. The summed E-state index contributed by atoms with van der Waals surface area (Å²) in [6.45, 7) is 6.84. The van der Waals surface area contributed by atoms with Crippen LogP contribution >= 0.6 is 0 Å². The van der Waals surface area contributed by atoms with Crippen LogP contribution in [-0.2, 0) is 11.3 Å². The SMILES string of the molecule is C[C@H]1CN(Cc2ccc(C(=O)NNc3ccc(F)cc3)cc2)C[C@H](C)O1. The second-order valence-corrected chi connectivity index (χ2v) is 6.73. The maximum Gasteiger partial charge on any atom is 0.269 e. The Labute approximate surface area is 153 Å². The van der Waals surface area contributed by atoms with Crippen LogP contribution < -0.4 is 10.9 Å². The van der Waals surface area contributed by atoms with Gasteiger partial charge in [-0.2, -0.15) is 0 Å². The molecule has 0 spiro atoms. The average Bonchev–Trinajstić information content (AvgIpc) is 2.61. The lowest BCUT2D eigenvalue weighted by molar-refractivity contribution is -0.0704. The summed E-state index contributed by atoms with van der Waals surface area (Å²) in [6.07, 6.45) is 0.475. The van der Waals surface area contributed by atoms with E-state index in [0.717, 1.165) is 25.2 Å². The highest BCUT2D eigenvalue weighted by atomic mass is 19.1. The zero-order chi connectivity index (χ0) is 18.5. The van der Waals surface area contributed by atoms with Crippen LogP contribution in [0.15, 0.2) is 48.5 Å². The molecular formula is C20H24FN3O2. The smallest absolute Gasteiger partial charge is 0.269 e. The van der Waals surface area contributed by atoms with E-state index >= 15 is 0 Å². The van der Waals surface area contributed by atoms with Crippen LogP contribution in [0.25, 0.3) is 0 Å². The first kappa shape index (κ1) is 18.4. The standard InChI is InChI=1S/C20H24FN3O2/c1-14-11-24(12-15(2)26-14)13-16-3-5-17(6-4-16)20(25)23-22-19-9-7-18(21)8-10-19/h3-10,14-15,22H,11-13H2,1-2H3,(H,23,25)/t14-,15-/m0/s1. The molecule has 2 N–H and O–H groups in total. The Morgan fingerprint density at radius 1 is 1.08 bits per heavy atom. The molecule has 2 aromatic carbocycles. The summed E-state index contributed by atoms with van der Waals surface area (Å²) in [5.74, 6) is -0.559. The number of amides is 1. The largest absolute Gasteiger partial charge is 0.373 e. The van der Waals surface area contributed by atoms with Crippen LogP contribution in [0.1, 0.15) is 29.8 Å². The Morgan fingerprint density at radius 3 is 2.31 bits per heavy atom. The van der Waals surface area contributed by atoms with E-state index in [1.165, 1.54) is 12.1 Å². The number of rotatable bonds is 5. The van der Waals surface area contributed by atoms with Crippen LogP contribution in [0.3, 0.4) is 0 Å². The third-order valence-corrected chi connectivity index (χ3v) is 4.28. The number of ether oxygens (including phenoxy) is 1. The molecule has 1 aliphatic rings. The summed E-state index contributed by atoms with van der Waals surface area (Å²) in [6, 6.07) is 13.3. The van der Waals surface area contributed by atoms with Crippen molar-refractivity contribution in [1.29, 1.82) is 0 Å². The maximum absolute atomic E-state index is 12.9. The molecule has 2 aromatic rings. The number of carbonyl (C=O) groups excluding carboxylic acids is 1.